The first kappa shape index (κ1) is 17.3. The minimum atomic E-state index is -1.92. The van der Waals surface area contributed by atoms with Crippen molar-refractivity contribution in [3.63, 3.8) is 0 Å². The summed E-state index contributed by atoms with van der Waals surface area (Å²) in [7, 11) is -1.92. The molecule has 1 aromatic heterocycles. The maximum Gasteiger partial charge on any atom is 0.269 e. The van der Waals surface area contributed by atoms with Crippen molar-refractivity contribution in [1.82, 2.24) is 0 Å². The topological polar surface area (TPSA) is 64.1 Å². The zero-order valence-electron chi connectivity index (χ0n) is 15.2. The minimum Gasteiger partial charge on any atom is -0.288 e. The number of hydrogen-bond acceptors (Lipinski definition) is 3. The Morgan fingerprint density at radius 1 is 0.963 bits per heavy atom. The molecule has 0 N–H and O–H groups in total. The van der Waals surface area contributed by atoms with Gasteiger partial charge in [-0.25, -0.2) is 4.57 Å². The average molecular weight is 375 g/mol. The van der Waals surface area contributed by atoms with E-state index in [2.05, 4.69) is 25.2 Å². The van der Waals surface area contributed by atoms with Crippen LogP contribution in [0, 0.1) is 10.1 Å². The number of fused-ring (bicyclic) bond motifs is 2. The zero-order chi connectivity index (χ0) is 19.2. The summed E-state index contributed by atoms with van der Waals surface area (Å²) >= 11 is 0. The third kappa shape index (κ3) is 2.88. The highest BCUT2D eigenvalue weighted by molar-refractivity contribution is 7.02. The maximum atomic E-state index is 13.1. The van der Waals surface area contributed by atoms with Crippen LogP contribution in [0.15, 0.2) is 67.0 Å². The molecule has 4 rings (SSSR count). The lowest BCUT2D eigenvalue weighted by Crippen LogP contribution is -2.60. The number of aromatic nitrogens is 1. The van der Waals surface area contributed by atoms with Crippen LogP contribution in [-0.2, 0) is 6.54 Å². The summed E-state index contributed by atoms with van der Waals surface area (Å²) in [5.41, 5.74) is 2.61. The van der Waals surface area contributed by atoms with Crippen molar-refractivity contribution in [1.29, 1.82) is 0 Å². The molecule has 0 unspecified atom stereocenters. The molecule has 27 heavy (non-hydrogen) atoms. The second-order valence-corrected chi connectivity index (χ2v) is 11.7. The van der Waals surface area contributed by atoms with Gasteiger partial charge in [-0.15, -0.1) is 0 Å². The van der Waals surface area contributed by atoms with E-state index >= 15 is 0 Å². The van der Waals surface area contributed by atoms with E-state index in [9.17, 15) is 14.9 Å². The molecule has 0 saturated carbocycles. The van der Waals surface area contributed by atoms with Gasteiger partial charge < -0.3 is 0 Å². The molecule has 6 heteroatoms. The molecular formula is C21H19N2O3Si+. The highest BCUT2D eigenvalue weighted by Crippen LogP contribution is 2.19. The van der Waals surface area contributed by atoms with E-state index in [0.717, 1.165) is 21.9 Å². The predicted molar refractivity (Wildman–Crippen MR) is 105 cm³/mol. The molecule has 0 spiro atoms. The zero-order valence-corrected chi connectivity index (χ0v) is 16.2. The third-order valence-electron chi connectivity index (χ3n) is 5.29. The molecule has 0 atom stereocenters. The van der Waals surface area contributed by atoms with Gasteiger partial charge in [-0.3, -0.25) is 14.9 Å². The SMILES string of the molecule is C[Si]1(C)c2ccccc2C(=O)c2c[n+](Cc3ccc([N+](=O)[O-])cc3)ccc21. The second-order valence-electron chi connectivity index (χ2n) is 7.37. The first-order valence-electron chi connectivity index (χ1n) is 8.79. The number of carbonyl (C=O) groups excluding carboxylic acids is 1. The standard InChI is InChI=1S/C21H19N2O3Si/c1-27(2)19-6-4-3-5-17(19)21(24)18-14-22(12-11-20(18)27)13-15-7-9-16(10-8-15)23(25)26/h3-12,14H,13H2,1-2H3/q+1. The number of non-ortho nitro benzene ring substituents is 1. The molecular weight excluding hydrogens is 356 g/mol. The Bertz CT molecular complexity index is 1080. The molecule has 3 aromatic rings. The van der Waals surface area contributed by atoms with Gasteiger partial charge in [0.15, 0.2) is 24.7 Å². The van der Waals surface area contributed by atoms with Crippen LogP contribution in [-0.4, -0.2) is 18.8 Å². The molecule has 134 valence electrons. The molecule has 0 fully saturated rings. The molecule has 0 amide bonds. The highest BCUT2D eigenvalue weighted by Gasteiger charge is 2.39. The van der Waals surface area contributed by atoms with Gasteiger partial charge in [-0.2, -0.15) is 0 Å². The first-order valence-corrected chi connectivity index (χ1v) is 11.8. The molecule has 1 aliphatic rings. The summed E-state index contributed by atoms with van der Waals surface area (Å²) < 4.78 is 1.97. The summed E-state index contributed by atoms with van der Waals surface area (Å²) in [5.74, 6) is 0.0745. The molecule has 0 saturated heterocycles. The number of nitro benzene ring substituents is 1. The van der Waals surface area contributed by atoms with E-state index in [0.29, 0.717) is 6.54 Å². The van der Waals surface area contributed by atoms with Crippen LogP contribution in [0.3, 0.4) is 0 Å². The quantitative estimate of drug-likeness (QED) is 0.305. The molecule has 1 aliphatic heterocycles. The monoisotopic (exact) mass is 375 g/mol. The first-order chi connectivity index (χ1) is 12.9. The highest BCUT2D eigenvalue weighted by atomic mass is 28.3. The maximum absolute atomic E-state index is 13.1. The molecule has 2 aromatic carbocycles. The Kier molecular flexibility index (Phi) is 4.00. The van der Waals surface area contributed by atoms with Crippen LogP contribution < -0.4 is 14.9 Å². The van der Waals surface area contributed by atoms with Crippen LogP contribution in [0.4, 0.5) is 5.69 Å². The van der Waals surface area contributed by atoms with Crippen molar-refractivity contribution < 1.29 is 14.3 Å². The van der Waals surface area contributed by atoms with Gasteiger partial charge in [-0.05, 0) is 22.5 Å². The lowest BCUT2D eigenvalue weighted by atomic mass is 10.0. The normalized spacial score (nSPS) is 14.4. The number of nitrogens with zero attached hydrogens (tertiary/aromatic N) is 2. The number of rotatable bonds is 3. The predicted octanol–water partition coefficient (Wildman–Crippen LogP) is 2.30. The number of benzene rings is 2. The van der Waals surface area contributed by atoms with Crippen molar-refractivity contribution in [3.05, 3.63) is 93.8 Å². The van der Waals surface area contributed by atoms with E-state index in [1.165, 1.54) is 17.3 Å². The summed E-state index contributed by atoms with van der Waals surface area (Å²) in [4.78, 5) is 23.4. The van der Waals surface area contributed by atoms with Crippen molar-refractivity contribution in [3.8, 4) is 0 Å². The van der Waals surface area contributed by atoms with Crippen LogP contribution in [0.1, 0.15) is 21.5 Å². The lowest BCUT2D eigenvalue weighted by Gasteiger charge is -2.31. The van der Waals surface area contributed by atoms with E-state index < -0.39 is 13.0 Å². The van der Waals surface area contributed by atoms with Gasteiger partial charge in [0, 0.05) is 29.3 Å². The van der Waals surface area contributed by atoms with Crippen molar-refractivity contribution in [2.24, 2.45) is 0 Å². The van der Waals surface area contributed by atoms with E-state index in [4.69, 9.17) is 0 Å². The largest absolute Gasteiger partial charge is 0.288 e. The van der Waals surface area contributed by atoms with Gasteiger partial charge in [0.1, 0.15) is 8.07 Å². The number of hydrogen-bond donors (Lipinski definition) is 0. The van der Waals surface area contributed by atoms with Crippen LogP contribution in [0.5, 0.6) is 0 Å². The van der Waals surface area contributed by atoms with Crippen molar-refractivity contribution in [2.75, 3.05) is 0 Å². The summed E-state index contributed by atoms with van der Waals surface area (Å²) in [6.07, 6.45) is 3.92. The fourth-order valence-corrected chi connectivity index (χ4v) is 6.83. The van der Waals surface area contributed by atoms with Crippen LogP contribution >= 0.6 is 0 Å². The third-order valence-corrected chi connectivity index (χ3v) is 8.86. The molecule has 5 nitrogen and oxygen atoms in total. The van der Waals surface area contributed by atoms with Gasteiger partial charge >= 0.3 is 0 Å². The average Bonchev–Trinajstić information content (AvgIpc) is 2.67. The lowest BCUT2D eigenvalue weighted by molar-refractivity contribution is -0.688. The van der Waals surface area contributed by atoms with Gasteiger partial charge in [-0.1, -0.05) is 37.4 Å². The Balaban J connectivity index is 1.71. The van der Waals surface area contributed by atoms with Gasteiger partial charge in [0.2, 0.25) is 0 Å². The minimum absolute atomic E-state index is 0.0745. The van der Waals surface area contributed by atoms with E-state index in [-0.39, 0.29) is 11.5 Å². The Labute approximate surface area is 158 Å². The Morgan fingerprint density at radius 2 is 1.63 bits per heavy atom. The Hall–Kier alpha value is -3.12. The number of pyridine rings is 1. The Morgan fingerprint density at radius 3 is 2.33 bits per heavy atom. The fourth-order valence-electron chi connectivity index (χ4n) is 3.81. The summed E-state index contributed by atoms with van der Waals surface area (Å²) in [6.45, 7) is 5.11. The van der Waals surface area contributed by atoms with Crippen molar-refractivity contribution >= 4 is 29.9 Å². The fraction of sp³-hybridized carbons (Fsp3) is 0.143. The van der Waals surface area contributed by atoms with E-state index in [1.807, 2.05) is 35.2 Å². The van der Waals surface area contributed by atoms with Gasteiger partial charge in [0.25, 0.3) is 5.69 Å². The molecule has 0 radical (unpaired) electrons. The van der Waals surface area contributed by atoms with Gasteiger partial charge in [0.05, 0.1) is 10.5 Å². The summed E-state index contributed by atoms with van der Waals surface area (Å²) in [6, 6.07) is 16.5. The second kappa shape index (κ2) is 6.24. The number of nitro groups is 1. The molecule has 2 heterocycles. The van der Waals surface area contributed by atoms with Crippen LogP contribution in [0.2, 0.25) is 13.1 Å². The number of carbonyl (C=O) groups is 1. The van der Waals surface area contributed by atoms with Crippen molar-refractivity contribution in [2.45, 2.75) is 19.6 Å². The summed E-state index contributed by atoms with van der Waals surface area (Å²) in [5, 5.41) is 13.1. The van der Waals surface area contributed by atoms with E-state index in [1.54, 1.807) is 12.1 Å². The van der Waals surface area contributed by atoms with Crippen LogP contribution in [0.25, 0.3) is 0 Å². The number of ketones is 1. The molecule has 0 bridgehead atoms. The molecule has 0 aliphatic carbocycles. The smallest absolute Gasteiger partial charge is 0.269 e.